The molecule has 1 aromatic rings. The minimum Gasteiger partial charge on any atom is -0.462 e. The summed E-state index contributed by atoms with van der Waals surface area (Å²) in [6.45, 7) is 2.04. The van der Waals surface area contributed by atoms with Crippen molar-refractivity contribution in [2.24, 2.45) is 5.92 Å². The highest BCUT2D eigenvalue weighted by Crippen LogP contribution is 2.21. The molecule has 5 nitrogen and oxygen atoms in total. The van der Waals surface area contributed by atoms with Crippen LogP contribution in [0, 0.1) is 5.92 Å². The van der Waals surface area contributed by atoms with Gasteiger partial charge in [0.05, 0.1) is 18.8 Å². The second-order valence-electron chi connectivity index (χ2n) is 4.44. The van der Waals surface area contributed by atoms with E-state index in [0.717, 1.165) is 0 Å². The minimum absolute atomic E-state index is 0.0667. The summed E-state index contributed by atoms with van der Waals surface area (Å²) < 4.78 is 15.4. The number of hydrogen-bond donors (Lipinski definition) is 0. The molecule has 1 aliphatic rings. The molecule has 2 unspecified atom stereocenters. The zero-order valence-corrected chi connectivity index (χ0v) is 10.7. The molecule has 1 aromatic carbocycles. The van der Waals surface area contributed by atoms with E-state index in [-0.39, 0.29) is 24.5 Å². The summed E-state index contributed by atoms with van der Waals surface area (Å²) in [7, 11) is 0. The largest absolute Gasteiger partial charge is 0.462 e. The van der Waals surface area contributed by atoms with Crippen molar-refractivity contribution >= 4 is 11.9 Å². The molecule has 102 valence electrons. The molecule has 0 amide bonds. The van der Waals surface area contributed by atoms with E-state index in [2.05, 4.69) is 0 Å². The molecule has 0 saturated carbocycles. The Kier molecular flexibility index (Phi) is 4.52. The van der Waals surface area contributed by atoms with Crippen LogP contribution in [0.1, 0.15) is 23.7 Å². The highest BCUT2D eigenvalue weighted by Gasteiger charge is 2.28. The fraction of sp³-hybridized carbons (Fsp3) is 0.429. The number of ether oxygens (including phenoxy) is 3. The topological polar surface area (TPSA) is 61.8 Å². The number of carbonyl (C=O) groups is 2. The van der Waals surface area contributed by atoms with Gasteiger partial charge in [0.2, 0.25) is 6.29 Å². The van der Waals surface area contributed by atoms with Crippen LogP contribution in [0.4, 0.5) is 0 Å². The van der Waals surface area contributed by atoms with E-state index in [1.165, 1.54) is 6.92 Å². The summed E-state index contributed by atoms with van der Waals surface area (Å²) in [5.74, 6) is -0.652. The van der Waals surface area contributed by atoms with Gasteiger partial charge in [-0.05, 0) is 12.1 Å². The van der Waals surface area contributed by atoms with Crippen molar-refractivity contribution in [2.75, 3.05) is 13.2 Å². The molecule has 0 aromatic heterocycles. The third-order valence-corrected chi connectivity index (χ3v) is 2.80. The van der Waals surface area contributed by atoms with E-state index in [9.17, 15) is 9.59 Å². The first-order chi connectivity index (χ1) is 9.15. The van der Waals surface area contributed by atoms with Crippen molar-refractivity contribution in [1.29, 1.82) is 0 Å². The van der Waals surface area contributed by atoms with Gasteiger partial charge in [0.15, 0.2) is 0 Å². The van der Waals surface area contributed by atoms with Gasteiger partial charge in [0.1, 0.15) is 0 Å². The average molecular weight is 264 g/mol. The van der Waals surface area contributed by atoms with Gasteiger partial charge in [-0.3, -0.25) is 4.79 Å². The predicted molar refractivity (Wildman–Crippen MR) is 66.3 cm³/mol. The van der Waals surface area contributed by atoms with Crippen molar-refractivity contribution in [2.45, 2.75) is 19.6 Å². The summed E-state index contributed by atoms with van der Waals surface area (Å²) in [6.07, 6.45) is 0.0414. The lowest BCUT2D eigenvalue weighted by molar-refractivity contribution is -0.166. The summed E-state index contributed by atoms with van der Waals surface area (Å²) in [5.41, 5.74) is 0.526. The molecule has 2 rings (SSSR count). The van der Waals surface area contributed by atoms with Crippen molar-refractivity contribution in [3.8, 4) is 0 Å². The molecule has 1 aliphatic heterocycles. The van der Waals surface area contributed by atoms with Crippen molar-refractivity contribution in [3.05, 3.63) is 35.9 Å². The van der Waals surface area contributed by atoms with Gasteiger partial charge in [-0.15, -0.1) is 0 Å². The van der Waals surface area contributed by atoms with Crippen LogP contribution < -0.4 is 0 Å². The number of rotatable bonds is 4. The fourth-order valence-corrected chi connectivity index (χ4v) is 1.89. The van der Waals surface area contributed by atoms with Gasteiger partial charge < -0.3 is 14.2 Å². The SMILES string of the molecule is CC(=O)OC1CC(COC(=O)c2ccccc2)CO1. The summed E-state index contributed by atoms with van der Waals surface area (Å²) in [4.78, 5) is 22.5. The molecule has 0 spiro atoms. The van der Waals surface area contributed by atoms with Crippen LogP contribution in [-0.4, -0.2) is 31.4 Å². The monoisotopic (exact) mass is 264 g/mol. The molecule has 1 heterocycles. The van der Waals surface area contributed by atoms with Crippen molar-refractivity contribution in [1.82, 2.24) is 0 Å². The first-order valence-electron chi connectivity index (χ1n) is 6.16. The molecular formula is C14H16O5. The lowest BCUT2D eigenvalue weighted by atomic mass is 10.1. The van der Waals surface area contributed by atoms with E-state index in [1.54, 1.807) is 24.3 Å². The van der Waals surface area contributed by atoms with E-state index in [0.29, 0.717) is 18.6 Å². The molecule has 0 N–H and O–H groups in total. The lowest BCUT2D eigenvalue weighted by Crippen LogP contribution is -2.16. The number of esters is 2. The highest BCUT2D eigenvalue weighted by atomic mass is 16.7. The third kappa shape index (κ3) is 4.06. The van der Waals surface area contributed by atoms with Gasteiger partial charge in [-0.1, -0.05) is 18.2 Å². The van der Waals surface area contributed by atoms with Crippen LogP contribution in [0.5, 0.6) is 0 Å². The molecule has 5 heteroatoms. The Bertz CT molecular complexity index is 442. The second-order valence-corrected chi connectivity index (χ2v) is 4.44. The molecule has 0 bridgehead atoms. The van der Waals surface area contributed by atoms with E-state index >= 15 is 0 Å². The van der Waals surface area contributed by atoms with Crippen LogP contribution in [-0.2, 0) is 19.0 Å². The first kappa shape index (κ1) is 13.5. The van der Waals surface area contributed by atoms with Crippen LogP contribution in [0.2, 0.25) is 0 Å². The van der Waals surface area contributed by atoms with Crippen LogP contribution in [0.3, 0.4) is 0 Å². The van der Waals surface area contributed by atoms with Crippen molar-refractivity contribution < 1.29 is 23.8 Å². The minimum atomic E-state index is -0.516. The Balaban J connectivity index is 1.75. The Morgan fingerprint density at radius 1 is 1.32 bits per heavy atom. The Labute approximate surface area is 111 Å². The maximum absolute atomic E-state index is 11.7. The van der Waals surface area contributed by atoms with Crippen LogP contribution in [0.15, 0.2) is 30.3 Å². The van der Waals surface area contributed by atoms with Gasteiger partial charge in [-0.2, -0.15) is 0 Å². The molecule has 1 saturated heterocycles. The quantitative estimate of drug-likeness (QED) is 0.775. The van der Waals surface area contributed by atoms with E-state index < -0.39 is 6.29 Å². The normalized spacial score (nSPS) is 21.9. The Morgan fingerprint density at radius 3 is 2.74 bits per heavy atom. The zero-order chi connectivity index (χ0) is 13.7. The molecule has 1 fully saturated rings. The second kappa shape index (κ2) is 6.33. The molecule has 19 heavy (non-hydrogen) atoms. The zero-order valence-electron chi connectivity index (χ0n) is 10.7. The van der Waals surface area contributed by atoms with Gasteiger partial charge >= 0.3 is 11.9 Å². The molecule has 0 radical (unpaired) electrons. The Morgan fingerprint density at radius 2 is 2.05 bits per heavy atom. The molecular weight excluding hydrogens is 248 g/mol. The average Bonchev–Trinajstić information content (AvgIpc) is 2.84. The highest BCUT2D eigenvalue weighted by molar-refractivity contribution is 5.89. The predicted octanol–water partition coefficient (Wildman–Crippen LogP) is 1.77. The molecule has 0 aliphatic carbocycles. The van der Waals surface area contributed by atoms with Gasteiger partial charge in [0, 0.05) is 19.3 Å². The summed E-state index contributed by atoms with van der Waals surface area (Å²) in [6, 6.07) is 8.81. The number of benzene rings is 1. The number of hydrogen-bond acceptors (Lipinski definition) is 5. The number of carbonyl (C=O) groups excluding carboxylic acids is 2. The maximum Gasteiger partial charge on any atom is 0.338 e. The smallest absolute Gasteiger partial charge is 0.338 e. The van der Waals surface area contributed by atoms with E-state index in [1.807, 2.05) is 6.07 Å². The summed E-state index contributed by atoms with van der Waals surface area (Å²) in [5, 5.41) is 0. The standard InChI is InChI=1S/C14H16O5/c1-10(15)19-13-7-11(8-17-13)9-18-14(16)12-5-3-2-4-6-12/h2-6,11,13H,7-9H2,1H3. The van der Waals surface area contributed by atoms with Gasteiger partial charge in [0.25, 0.3) is 0 Å². The fourth-order valence-electron chi connectivity index (χ4n) is 1.89. The Hall–Kier alpha value is -1.88. The molecule has 2 atom stereocenters. The van der Waals surface area contributed by atoms with Crippen LogP contribution in [0.25, 0.3) is 0 Å². The van der Waals surface area contributed by atoms with Crippen molar-refractivity contribution in [3.63, 3.8) is 0 Å². The lowest BCUT2D eigenvalue weighted by Gasteiger charge is -2.10. The maximum atomic E-state index is 11.7. The van der Waals surface area contributed by atoms with Crippen LogP contribution >= 0.6 is 0 Å². The van der Waals surface area contributed by atoms with E-state index in [4.69, 9.17) is 14.2 Å². The first-order valence-corrected chi connectivity index (χ1v) is 6.16. The van der Waals surface area contributed by atoms with Gasteiger partial charge in [-0.25, -0.2) is 4.79 Å². The third-order valence-electron chi connectivity index (χ3n) is 2.80. The summed E-state index contributed by atoms with van der Waals surface area (Å²) >= 11 is 0.